The van der Waals surface area contributed by atoms with E-state index in [1.54, 1.807) is 42.5 Å². The van der Waals surface area contributed by atoms with E-state index < -0.39 is 23.3 Å². The van der Waals surface area contributed by atoms with Crippen molar-refractivity contribution in [3.8, 4) is 11.3 Å². The molecule has 0 bridgehead atoms. The molecule has 6 N–H and O–H groups in total. The van der Waals surface area contributed by atoms with Crippen LogP contribution in [0.15, 0.2) is 89.2 Å². The van der Waals surface area contributed by atoms with E-state index in [9.17, 15) is 18.8 Å². The summed E-state index contributed by atoms with van der Waals surface area (Å²) < 4.78 is 16.0. The number of halogens is 3. The lowest BCUT2D eigenvalue weighted by atomic mass is 10.0. The summed E-state index contributed by atoms with van der Waals surface area (Å²) in [5.74, 6) is 4.34. The van der Waals surface area contributed by atoms with E-state index in [1.807, 2.05) is 6.07 Å². The number of benzene rings is 3. The third kappa shape index (κ3) is 6.13. The maximum Gasteiger partial charge on any atom is 0.254 e. The van der Waals surface area contributed by atoms with E-state index in [0.29, 0.717) is 21.8 Å². The van der Waals surface area contributed by atoms with Gasteiger partial charge >= 0.3 is 0 Å². The van der Waals surface area contributed by atoms with Crippen LogP contribution in [0.1, 0.15) is 27.5 Å². The number of amides is 2. The molecule has 214 valence electrons. The van der Waals surface area contributed by atoms with Gasteiger partial charge in [-0.25, -0.2) is 15.2 Å². The average molecular weight is 608 g/mol. The van der Waals surface area contributed by atoms with Crippen LogP contribution in [-0.4, -0.2) is 21.4 Å². The Kier molecular flexibility index (Phi) is 8.25. The van der Waals surface area contributed by atoms with Crippen molar-refractivity contribution in [1.82, 2.24) is 14.9 Å². The van der Waals surface area contributed by atoms with Crippen molar-refractivity contribution >= 4 is 46.4 Å². The van der Waals surface area contributed by atoms with Gasteiger partial charge in [0, 0.05) is 35.2 Å². The van der Waals surface area contributed by atoms with Crippen molar-refractivity contribution in [3.05, 3.63) is 122 Å². The largest absolute Gasteiger partial charge is 0.388 e. The van der Waals surface area contributed by atoms with E-state index in [4.69, 9.17) is 34.8 Å². The van der Waals surface area contributed by atoms with Crippen LogP contribution in [0, 0.1) is 5.82 Å². The highest BCUT2D eigenvalue weighted by Crippen LogP contribution is 2.31. The number of fused-ring (bicyclic) bond motifs is 1. The number of carbonyl (C=O) groups is 2. The van der Waals surface area contributed by atoms with Crippen molar-refractivity contribution in [2.24, 2.45) is 11.6 Å². The normalized spacial score (nSPS) is 13.3. The molecule has 13 heteroatoms. The Labute approximate surface area is 249 Å². The molecular weight excluding hydrogens is 584 g/mol. The second kappa shape index (κ2) is 12.0. The van der Waals surface area contributed by atoms with Crippen molar-refractivity contribution in [1.29, 1.82) is 0 Å². The first-order valence-corrected chi connectivity index (χ1v) is 13.4. The Bertz CT molecular complexity index is 1780. The minimum absolute atomic E-state index is 0.0722. The van der Waals surface area contributed by atoms with Gasteiger partial charge in [-0.15, -0.1) is 0 Å². The summed E-state index contributed by atoms with van der Waals surface area (Å²) in [4.78, 5) is 43.6. The van der Waals surface area contributed by atoms with Crippen LogP contribution in [0.4, 0.5) is 15.8 Å². The maximum absolute atomic E-state index is 14.9. The molecule has 1 unspecified atom stereocenters. The lowest BCUT2D eigenvalue weighted by Gasteiger charge is -2.21. The first-order valence-electron chi connectivity index (χ1n) is 12.6. The molecule has 0 saturated carbocycles. The van der Waals surface area contributed by atoms with Gasteiger partial charge in [0.2, 0.25) is 5.91 Å². The molecule has 1 aliphatic rings. The van der Waals surface area contributed by atoms with Crippen LogP contribution >= 0.6 is 23.2 Å². The molecule has 5 rings (SSSR count). The number of hydrazine groups is 1. The molecule has 1 atom stereocenters. The fraction of sp³-hybridized carbons (Fsp3) is 0.103. The third-order valence-corrected chi connectivity index (χ3v) is 6.99. The van der Waals surface area contributed by atoms with Crippen LogP contribution in [-0.2, 0) is 17.8 Å². The Morgan fingerprint density at radius 3 is 2.62 bits per heavy atom. The van der Waals surface area contributed by atoms with Gasteiger partial charge in [0.15, 0.2) is 0 Å². The predicted octanol–water partition coefficient (Wildman–Crippen LogP) is 4.05. The van der Waals surface area contributed by atoms with E-state index in [0.717, 1.165) is 15.1 Å². The molecule has 4 aromatic rings. The second-order valence-corrected chi connectivity index (χ2v) is 10.3. The first kappa shape index (κ1) is 28.8. The third-order valence-electron chi connectivity index (χ3n) is 6.66. The summed E-state index contributed by atoms with van der Waals surface area (Å²) in [6.07, 6.45) is 2.60. The fourth-order valence-corrected chi connectivity index (χ4v) is 4.92. The molecule has 0 fully saturated rings. The topological polar surface area (TPSA) is 148 Å². The Balaban J connectivity index is 1.53. The molecule has 1 aliphatic heterocycles. The highest BCUT2D eigenvalue weighted by molar-refractivity contribution is 6.31. The van der Waals surface area contributed by atoms with Gasteiger partial charge in [-0.3, -0.25) is 24.0 Å². The standard InChI is InChI=1S/C29H24Cl2FN7O3/c30-18-6-7-24(39(34)14-26(31)33)20(10-18)22-12-27(40)38(15-36-22)25(8-16-4-2-1-3-5-16)29(42)37-23-11-19-17(9-21(23)32)13-35-28(19)41/h1-7,9-12,14-15,25H,8,13,33-34H2,(H,35,41)(H,37,42)/b26-14-. The lowest BCUT2D eigenvalue weighted by molar-refractivity contribution is -0.119. The first-order chi connectivity index (χ1) is 20.1. The molecule has 2 heterocycles. The maximum atomic E-state index is 14.9. The van der Waals surface area contributed by atoms with Gasteiger partial charge in [0.1, 0.15) is 17.0 Å². The molecule has 0 radical (unpaired) electrons. The number of nitrogens with zero attached hydrogens (tertiary/aromatic N) is 3. The zero-order valence-electron chi connectivity index (χ0n) is 21.9. The number of aromatic nitrogens is 2. The molecular formula is C29H24Cl2FN7O3. The van der Waals surface area contributed by atoms with E-state index in [-0.39, 0.29) is 41.0 Å². The summed E-state index contributed by atoms with van der Waals surface area (Å²) in [7, 11) is 0. The zero-order valence-corrected chi connectivity index (χ0v) is 23.4. The number of hydrogen-bond acceptors (Lipinski definition) is 7. The summed E-state index contributed by atoms with van der Waals surface area (Å²) in [5, 5.41) is 6.62. The monoisotopic (exact) mass is 607 g/mol. The van der Waals surface area contributed by atoms with Gasteiger partial charge in [-0.1, -0.05) is 53.5 Å². The zero-order chi connectivity index (χ0) is 30.0. The van der Waals surface area contributed by atoms with E-state index in [2.05, 4.69) is 15.6 Å². The molecule has 0 spiro atoms. The summed E-state index contributed by atoms with van der Waals surface area (Å²) in [5.41, 5.74) is 7.36. The highest BCUT2D eigenvalue weighted by atomic mass is 35.5. The molecule has 2 amide bonds. The van der Waals surface area contributed by atoms with Crippen LogP contribution in [0.5, 0.6) is 0 Å². The van der Waals surface area contributed by atoms with Crippen molar-refractivity contribution in [2.75, 3.05) is 10.3 Å². The smallest absolute Gasteiger partial charge is 0.254 e. The molecule has 1 aromatic heterocycles. The highest BCUT2D eigenvalue weighted by Gasteiger charge is 2.27. The van der Waals surface area contributed by atoms with E-state index >= 15 is 0 Å². The minimum Gasteiger partial charge on any atom is -0.388 e. The molecule has 42 heavy (non-hydrogen) atoms. The lowest BCUT2D eigenvalue weighted by Crippen LogP contribution is -2.35. The average Bonchev–Trinajstić information content (AvgIpc) is 3.31. The minimum atomic E-state index is -1.12. The van der Waals surface area contributed by atoms with Gasteiger partial charge < -0.3 is 16.4 Å². The van der Waals surface area contributed by atoms with Gasteiger partial charge in [-0.05, 0) is 41.5 Å². The SMILES string of the molecule is N/C(Cl)=C\N(N)c1ccc(Cl)cc1-c1cc(=O)n(C(Cc2ccccc2)C(=O)Nc2cc3c(cc2F)CNC3=O)cn1. The van der Waals surface area contributed by atoms with Crippen molar-refractivity contribution in [3.63, 3.8) is 0 Å². The Hall–Kier alpha value is -4.71. The predicted molar refractivity (Wildman–Crippen MR) is 159 cm³/mol. The number of rotatable bonds is 8. The van der Waals surface area contributed by atoms with Gasteiger partial charge in [0.25, 0.3) is 11.5 Å². The fourth-order valence-electron chi connectivity index (χ4n) is 4.64. The second-order valence-electron chi connectivity index (χ2n) is 9.47. The summed E-state index contributed by atoms with van der Waals surface area (Å²) in [6.45, 7) is 0.204. The summed E-state index contributed by atoms with van der Waals surface area (Å²) >= 11 is 12.0. The van der Waals surface area contributed by atoms with Gasteiger partial charge in [0.05, 0.1) is 29.6 Å². The van der Waals surface area contributed by atoms with Gasteiger partial charge in [-0.2, -0.15) is 0 Å². The number of hydrogen-bond donors (Lipinski definition) is 4. The Morgan fingerprint density at radius 1 is 1.14 bits per heavy atom. The molecule has 0 aliphatic carbocycles. The van der Waals surface area contributed by atoms with Crippen molar-refractivity contribution in [2.45, 2.75) is 19.0 Å². The molecule has 3 aromatic carbocycles. The molecule has 10 nitrogen and oxygen atoms in total. The Morgan fingerprint density at radius 2 is 1.90 bits per heavy atom. The molecule has 0 saturated heterocycles. The quantitative estimate of drug-likeness (QED) is 0.134. The number of nitrogens with two attached hydrogens (primary N) is 2. The summed E-state index contributed by atoms with van der Waals surface area (Å²) in [6, 6.07) is 16.4. The number of anilines is 2. The van der Waals surface area contributed by atoms with E-state index in [1.165, 1.54) is 30.7 Å². The number of carbonyl (C=O) groups excluding carboxylic acids is 2. The van der Waals surface area contributed by atoms with Crippen LogP contribution in [0.25, 0.3) is 11.3 Å². The van der Waals surface area contributed by atoms with Crippen LogP contribution in [0.2, 0.25) is 5.02 Å². The van der Waals surface area contributed by atoms with Crippen molar-refractivity contribution < 1.29 is 14.0 Å². The van der Waals surface area contributed by atoms with Crippen LogP contribution < -0.4 is 32.8 Å². The van der Waals surface area contributed by atoms with Crippen LogP contribution in [0.3, 0.4) is 0 Å². The number of nitrogens with one attached hydrogen (secondary N) is 2.